The van der Waals surface area contributed by atoms with Gasteiger partial charge in [0.2, 0.25) is 5.91 Å². The highest BCUT2D eigenvalue weighted by Crippen LogP contribution is 2.32. The second-order valence-corrected chi connectivity index (χ2v) is 7.80. The van der Waals surface area contributed by atoms with Crippen LogP contribution in [0.25, 0.3) is 10.9 Å². The van der Waals surface area contributed by atoms with Crippen LogP contribution in [0.3, 0.4) is 0 Å². The monoisotopic (exact) mass is 341 g/mol. The minimum absolute atomic E-state index is 0.200. The van der Waals surface area contributed by atoms with Crippen LogP contribution >= 0.6 is 0 Å². The molecule has 0 radical (unpaired) electrons. The fraction of sp³-hybridized carbons (Fsp3) is 0.571. The molecule has 1 fully saturated rings. The van der Waals surface area contributed by atoms with Crippen LogP contribution in [0, 0.1) is 5.92 Å². The van der Waals surface area contributed by atoms with E-state index in [1.807, 2.05) is 4.90 Å². The predicted molar refractivity (Wildman–Crippen MR) is 104 cm³/mol. The van der Waals surface area contributed by atoms with Gasteiger partial charge in [-0.2, -0.15) is 0 Å². The molecule has 0 aliphatic carbocycles. The Balaban J connectivity index is 1.89. The first-order valence-corrected chi connectivity index (χ1v) is 9.56. The Labute approximate surface area is 151 Å². The van der Waals surface area contributed by atoms with Gasteiger partial charge in [-0.15, -0.1) is 0 Å². The predicted octanol–water partition coefficient (Wildman–Crippen LogP) is 3.52. The highest BCUT2D eigenvalue weighted by molar-refractivity contribution is 5.85. The number of hydrogen-bond donors (Lipinski definition) is 1. The van der Waals surface area contributed by atoms with Gasteiger partial charge in [0.25, 0.3) is 0 Å². The summed E-state index contributed by atoms with van der Waals surface area (Å²) in [6.45, 7) is 9.67. The van der Waals surface area contributed by atoms with Gasteiger partial charge >= 0.3 is 0 Å². The van der Waals surface area contributed by atoms with Gasteiger partial charge in [-0.3, -0.25) is 4.79 Å². The lowest BCUT2D eigenvalue weighted by Crippen LogP contribution is -2.36. The molecule has 1 aromatic carbocycles. The average molecular weight is 341 g/mol. The minimum Gasteiger partial charge on any atom is -0.347 e. The third-order valence-corrected chi connectivity index (χ3v) is 5.38. The summed E-state index contributed by atoms with van der Waals surface area (Å²) < 4.78 is 2.40. The van der Waals surface area contributed by atoms with Crippen LogP contribution in [-0.2, 0) is 17.8 Å². The number of amides is 1. The van der Waals surface area contributed by atoms with E-state index in [1.54, 1.807) is 6.92 Å². The highest BCUT2D eigenvalue weighted by Gasteiger charge is 2.22. The number of fused-ring (bicyclic) bond motifs is 1. The van der Waals surface area contributed by atoms with Gasteiger partial charge in [0.1, 0.15) is 0 Å². The van der Waals surface area contributed by atoms with E-state index in [4.69, 9.17) is 5.73 Å². The van der Waals surface area contributed by atoms with Crippen molar-refractivity contribution in [2.75, 3.05) is 19.6 Å². The second kappa shape index (κ2) is 7.61. The number of nitrogens with zero attached hydrogens (tertiary/aromatic N) is 2. The van der Waals surface area contributed by atoms with Crippen LogP contribution in [0.2, 0.25) is 0 Å². The summed E-state index contributed by atoms with van der Waals surface area (Å²) in [6.07, 6.45) is 5.34. The molecule has 1 aliphatic heterocycles. The van der Waals surface area contributed by atoms with Gasteiger partial charge in [-0.05, 0) is 54.8 Å². The molecule has 2 heterocycles. The number of carbonyl (C=O) groups is 1. The Morgan fingerprint density at radius 2 is 2.00 bits per heavy atom. The van der Waals surface area contributed by atoms with E-state index in [0.29, 0.717) is 18.4 Å². The van der Waals surface area contributed by atoms with Gasteiger partial charge in [-0.25, -0.2) is 0 Å². The Hall–Kier alpha value is -1.81. The minimum atomic E-state index is 0.200. The third kappa shape index (κ3) is 3.90. The molecule has 1 aromatic heterocycles. The van der Waals surface area contributed by atoms with Crippen LogP contribution < -0.4 is 5.73 Å². The Bertz CT molecular complexity index is 739. The lowest BCUT2D eigenvalue weighted by molar-refractivity contribution is -0.129. The summed E-state index contributed by atoms with van der Waals surface area (Å²) in [4.78, 5) is 13.5. The van der Waals surface area contributed by atoms with Crippen molar-refractivity contribution < 1.29 is 4.79 Å². The molecule has 1 saturated heterocycles. The van der Waals surface area contributed by atoms with Crippen LogP contribution in [0.1, 0.15) is 50.7 Å². The van der Waals surface area contributed by atoms with E-state index >= 15 is 0 Å². The van der Waals surface area contributed by atoms with Crippen molar-refractivity contribution in [1.82, 2.24) is 9.47 Å². The molecule has 2 aromatic rings. The summed E-state index contributed by atoms with van der Waals surface area (Å²) in [5, 5.41) is 1.34. The molecule has 25 heavy (non-hydrogen) atoms. The van der Waals surface area contributed by atoms with Crippen molar-refractivity contribution in [1.29, 1.82) is 0 Å². The molecule has 0 saturated carbocycles. The van der Waals surface area contributed by atoms with E-state index in [-0.39, 0.29) is 5.91 Å². The van der Waals surface area contributed by atoms with Crippen LogP contribution in [0.15, 0.2) is 24.4 Å². The van der Waals surface area contributed by atoms with E-state index in [0.717, 1.165) is 38.9 Å². The molecule has 2 N–H and O–H groups in total. The van der Waals surface area contributed by atoms with Crippen molar-refractivity contribution in [3.8, 4) is 0 Å². The smallest absolute Gasteiger partial charge is 0.219 e. The molecule has 0 spiro atoms. The number of likely N-dealkylation sites (tertiary alicyclic amines) is 1. The molecule has 0 atom stereocenters. The first-order valence-electron chi connectivity index (χ1n) is 9.56. The van der Waals surface area contributed by atoms with E-state index in [9.17, 15) is 4.79 Å². The zero-order chi connectivity index (χ0) is 18.0. The summed E-state index contributed by atoms with van der Waals surface area (Å²) >= 11 is 0. The molecule has 0 bridgehead atoms. The molecule has 3 rings (SSSR count). The normalized spacial score (nSPS) is 16.1. The SMILES string of the molecule is CC(=O)N1CCC(c2ccc3c(CCN)cn(CC(C)C)c3c2)CC1. The quantitative estimate of drug-likeness (QED) is 0.904. The van der Waals surface area contributed by atoms with E-state index in [1.165, 1.54) is 22.0 Å². The molecular weight excluding hydrogens is 310 g/mol. The van der Waals surface area contributed by atoms with Gasteiger partial charge in [0.05, 0.1) is 0 Å². The molecule has 136 valence electrons. The Morgan fingerprint density at radius 3 is 2.60 bits per heavy atom. The summed E-state index contributed by atoms with van der Waals surface area (Å²) in [7, 11) is 0. The fourth-order valence-corrected chi connectivity index (χ4v) is 4.07. The number of benzene rings is 1. The van der Waals surface area contributed by atoms with Crippen molar-refractivity contribution in [3.63, 3.8) is 0 Å². The molecule has 4 nitrogen and oxygen atoms in total. The average Bonchev–Trinajstić information content (AvgIpc) is 2.92. The highest BCUT2D eigenvalue weighted by atomic mass is 16.2. The zero-order valence-electron chi connectivity index (χ0n) is 15.8. The fourth-order valence-electron chi connectivity index (χ4n) is 4.07. The number of aromatic nitrogens is 1. The second-order valence-electron chi connectivity index (χ2n) is 7.80. The van der Waals surface area contributed by atoms with Crippen molar-refractivity contribution in [2.24, 2.45) is 11.7 Å². The van der Waals surface area contributed by atoms with E-state index < -0.39 is 0 Å². The van der Waals surface area contributed by atoms with Crippen molar-refractivity contribution >= 4 is 16.8 Å². The number of piperidine rings is 1. The van der Waals surface area contributed by atoms with E-state index in [2.05, 4.69) is 42.8 Å². The van der Waals surface area contributed by atoms with Gasteiger partial charge in [0, 0.05) is 43.7 Å². The van der Waals surface area contributed by atoms with Crippen LogP contribution in [0.5, 0.6) is 0 Å². The summed E-state index contributed by atoms with van der Waals surface area (Å²) in [5.74, 6) is 1.37. The Kier molecular flexibility index (Phi) is 5.48. The number of nitrogens with two attached hydrogens (primary N) is 1. The molecule has 1 aliphatic rings. The standard InChI is InChI=1S/C21H31N3O/c1-15(2)13-24-14-19(6-9-22)20-5-4-18(12-21(20)24)17-7-10-23(11-8-17)16(3)25/h4-5,12,14-15,17H,6-11,13,22H2,1-3H3. The summed E-state index contributed by atoms with van der Waals surface area (Å²) in [5.41, 5.74) is 9.91. The third-order valence-electron chi connectivity index (χ3n) is 5.38. The van der Waals surface area contributed by atoms with Crippen LogP contribution in [-0.4, -0.2) is 35.0 Å². The van der Waals surface area contributed by atoms with Crippen molar-refractivity contribution in [2.45, 2.75) is 52.5 Å². The maximum Gasteiger partial charge on any atom is 0.219 e. The first kappa shape index (κ1) is 18.0. The topological polar surface area (TPSA) is 51.3 Å². The van der Waals surface area contributed by atoms with Gasteiger partial charge in [0.15, 0.2) is 0 Å². The molecular formula is C21H31N3O. The lowest BCUT2D eigenvalue weighted by Gasteiger charge is -2.31. The number of carbonyl (C=O) groups excluding carboxylic acids is 1. The maximum atomic E-state index is 11.5. The number of rotatable bonds is 5. The maximum absolute atomic E-state index is 11.5. The van der Waals surface area contributed by atoms with Crippen molar-refractivity contribution in [3.05, 3.63) is 35.5 Å². The van der Waals surface area contributed by atoms with Crippen LogP contribution in [0.4, 0.5) is 0 Å². The Morgan fingerprint density at radius 1 is 1.28 bits per heavy atom. The zero-order valence-corrected chi connectivity index (χ0v) is 15.8. The number of hydrogen-bond acceptors (Lipinski definition) is 2. The first-order chi connectivity index (χ1) is 12.0. The molecule has 1 amide bonds. The molecule has 4 heteroatoms. The lowest BCUT2D eigenvalue weighted by atomic mass is 9.88. The molecule has 0 unspecified atom stereocenters. The van der Waals surface area contributed by atoms with Gasteiger partial charge in [-0.1, -0.05) is 26.0 Å². The summed E-state index contributed by atoms with van der Waals surface area (Å²) in [6, 6.07) is 6.95. The largest absolute Gasteiger partial charge is 0.347 e. The van der Waals surface area contributed by atoms with Gasteiger partial charge < -0.3 is 15.2 Å².